The van der Waals surface area contributed by atoms with E-state index in [0.717, 1.165) is 0 Å². The van der Waals surface area contributed by atoms with Crippen LogP contribution in [0.3, 0.4) is 0 Å². The van der Waals surface area contributed by atoms with E-state index in [1.807, 2.05) is 18.7 Å². The average molecular weight is 330 g/mol. The maximum absolute atomic E-state index is 12.9. The molecule has 1 unspecified atom stereocenters. The van der Waals surface area contributed by atoms with Crippen LogP contribution >= 0.6 is 0 Å². The van der Waals surface area contributed by atoms with Crippen LogP contribution in [0.5, 0.6) is 0 Å². The largest absolute Gasteiger partial charge is 0.468 e. The second-order valence-electron chi connectivity index (χ2n) is 9.05. The normalized spacial score (nSPS) is 22.9. The van der Waals surface area contributed by atoms with Crippen LogP contribution in [0.2, 0.25) is 39.3 Å². The lowest BCUT2D eigenvalue weighted by Crippen LogP contribution is -2.64. The summed E-state index contributed by atoms with van der Waals surface area (Å²) in [7, 11) is -1.74. The Morgan fingerprint density at radius 1 is 1.19 bits per heavy atom. The topological polar surface area (TPSA) is 46.6 Å². The predicted molar refractivity (Wildman–Crippen MR) is 91.5 cm³/mol. The lowest BCUT2D eigenvalue weighted by atomic mass is 9.82. The first-order valence-corrected chi connectivity index (χ1v) is 14.8. The molecule has 0 aromatic heterocycles. The van der Waals surface area contributed by atoms with Gasteiger partial charge in [-0.25, -0.2) is 0 Å². The van der Waals surface area contributed by atoms with E-state index in [9.17, 15) is 9.59 Å². The monoisotopic (exact) mass is 329 g/mol. The quantitative estimate of drug-likeness (QED) is 0.453. The summed E-state index contributed by atoms with van der Waals surface area (Å²) in [5.74, 6) is -1.07. The molecule has 21 heavy (non-hydrogen) atoms. The number of hydrogen-bond acceptors (Lipinski definition) is 3. The van der Waals surface area contributed by atoms with Gasteiger partial charge in [-0.2, -0.15) is 0 Å². The van der Waals surface area contributed by atoms with Crippen LogP contribution in [-0.4, -0.2) is 51.9 Å². The molecule has 1 heterocycles. The Hall–Kier alpha value is -0.626. The van der Waals surface area contributed by atoms with E-state index in [0.29, 0.717) is 11.8 Å². The van der Waals surface area contributed by atoms with Crippen molar-refractivity contribution in [3.05, 3.63) is 0 Å². The van der Waals surface area contributed by atoms with Crippen LogP contribution in [0.1, 0.15) is 13.8 Å². The van der Waals surface area contributed by atoms with Gasteiger partial charge < -0.3 is 9.64 Å². The van der Waals surface area contributed by atoms with Gasteiger partial charge in [-0.1, -0.05) is 53.1 Å². The summed E-state index contributed by atoms with van der Waals surface area (Å²) >= 11 is 0. The molecule has 122 valence electrons. The van der Waals surface area contributed by atoms with Crippen LogP contribution in [0.25, 0.3) is 0 Å². The van der Waals surface area contributed by atoms with Crippen LogP contribution in [0, 0.1) is 11.3 Å². The van der Waals surface area contributed by atoms with Crippen molar-refractivity contribution in [2.75, 3.05) is 13.7 Å². The number of methoxy groups -OCH3 is 1. The third kappa shape index (κ3) is 3.59. The molecule has 1 amide bonds. The Kier molecular flexibility index (Phi) is 4.86. The van der Waals surface area contributed by atoms with E-state index in [4.69, 9.17) is 4.74 Å². The zero-order chi connectivity index (χ0) is 16.8. The Morgan fingerprint density at radius 3 is 1.95 bits per heavy atom. The standard InChI is InChI=1S/C15H31NO3Si2/c1-15(2)10-16(12(17)11(15)13(18)19-3)14(20(4,5)6)21(7,8)9/h11,14H,10H2,1-9H3. The minimum absolute atomic E-state index is 0.0262. The molecule has 1 aliphatic heterocycles. The fraction of sp³-hybridized carbons (Fsp3) is 0.867. The summed E-state index contributed by atoms with van der Waals surface area (Å²) in [5, 5.41) is 0.339. The lowest BCUT2D eigenvalue weighted by molar-refractivity contribution is -0.153. The third-order valence-electron chi connectivity index (χ3n) is 4.28. The van der Waals surface area contributed by atoms with Gasteiger partial charge in [-0.05, 0) is 0 Å². The average Bonchev–Trinajstić information content (AvgIpc) is 2.44. The molecular formula is C15H31NO3Si2. The molecule has 1 atom stereocenters. The van der Waals surface area contributed by atoms with Crippen molar-refractivity contribution >= 4 is 28.0 Å². The highest BCUT2D eigenvalue weighted by molar-refractivity contribution is 6.96. The molecule has 1 saturated heterocycles. The number of amides is 1. The lowest BCUT2D eigenvalue weighted by Gasteiger charge is -2.45. The van der Waals surface area contributed by atoms with Gasteiger partial charge in [0.05, 0.1) is 23.3 Å². The number of ether oxygens (including phenoxy) is 1. The minimum Gasteiger partial charge on any atom is -0.468 e. The molecule has 0 radical (unpaired) electrons. The Labute approximate surface area is 131 Å². The van der Waals surface area contributed by atoms with Crippen molar-refractivity contribution in [3.63, 3.8) is 0 Å². The van der Waals surface area contributed by atoms with E-state index in [-0.39, 0.29) is 11.3 Å². The summed E-state index contributed by atoms with van der Waals surface area (Å²) < 4.78 is 4.88. The highest BCUT2D eigenvalue weighted by Crippen LogP contribution is 2.41. The summed E-state index contributed by atoms with van der Waals surface area (Å²) in [5.41, 5.74) is -0.359. The molecule has 0 aromatic rings. The van der Waals surface area contributed by atoms with Gasteiger partial charge in [0.15, 0.2) is 0 Å². The molecule has 0 aliphatic carbocycles. The van der Waals surface area contributed by atoms with E-state index < -0.39 is 28.0 Å². The number of hydrogen-bond donors (Lipinski definition) is 0. The third-order valence-corrected chi connectivity index (χ3v) is 13.4. The smallest absolute Gasteiger partial charge is 0.318 e. The van der Waals surface area contributed by atoms with Crippen molar-refractivity contribution < 1.29 is 14.3 Å². The number of likely N-dealkylation sites (tertiary alicyclic amines) is 1. The molecule has 1 rings (SSSR count). The number of esters is 1. The highest BCUT2D eigenvalue weighted by Gasteiger charge is 2.56. The zero-order valence-corrected chi connectivity index (χ0v) is 17.0. The molecule has 0 bridgehead atoms. The van der Waals surface area contributed by atoms with Crippen LogP contribution in [0.4, 0.5) is 0 Å². The van der Waals surface area contributed by atoms with Crippen LogP contribution in [0.15, 0.2) is 0 Å². The van der Waals surface area contributed by atoms with E-state index in [1.54, 1.807) is 0 Å². The van der Waals surface area contributed by atoms with Gasteiger partial charge in [0, 0.05) is 17.2 Å². The first-order valence-electron chi connectivity index (χ1n) is 7.62. The molecular weight excluding hydrogens is 298 g/mol. The van der Waals surface area contributed by atoms with Crippen molar-refractivity contribution in [3.8, 4) is 0 Å². The fourth-order valence-electron chi connectivity index (χ4n) is 4.10. The first kappa shape index (κ1) is 18.4. The van der Waals surface area contributed by atoms with Gasteiger partial charge in [0.2, 0.25) is 5.91 Å². The molecule has 1 aliphatic rings. The number of rotatable bonds is 4. The second-order valence-corrected chi connectivity index (χ2v) is 20.2. The van der Waals surface area contributed by atoms with E-state index in [1.165, 1.54) is 7.11 Å². The van der Waals surface area contributed by atoms with Crippen molar-refractivity contribution in [2.24, 2.45) is 11.3 Å². The molecule has 1 fully saturated rings. The summed E-state index contributed by atoms with van der Waals surface area (Å²) in [6.45, 7) is 18.6. The van der Waals surface area contributed by atoms with Gasteiger partial charge >= 0.3 is 5.97 Å². The van der Waals surface area contributed by atoms with Gasteiger partial charge in [0.1, 0.15) is 5.92 Å². The number of carbonyl (C=O) groups excluding carboxylic acids is 2. The van der Waals surface area contributed by atoms with Crippen molar-refractivity contribution in [1.29, 1.82) is 0 Å². The SMILES string of the molecule is COC(=O)C1C(=O)N(C([Si](C)(C)C)[Si](C)(C)C)CC1(C)C. The minimum atomic E-state index is -1.55. The number of carbonyl (C=O) groups is 2. The highest BCUT2D eigenvalue weighted by atomic mass is 28.4. The Morgan fingerprint density at radius 2 is 1.62 bits per heavy atom. The summed E-state index contributed by atoms with van der Waals surface area (Å²) in [6.07, 6.45) is 0. The molecule has 4 nitrogen and oxygen atoms in total. The molecule has 0 N–H and O–H groups in total. The predicted octanol–water partition coefficient (Wildman–Crippen LogP) is 2.77. The van der Waals surface area contributed by atoms with Crippen molar-refractivity contribution in [1.82, 2.24) is 4.90 Å². The van der Waals surface area contributed by atoms with Gasteiger partial charge in [-0.15, -0.1) is 0 Å². The zero-order valence-electron chi connectivity index (χ0n) is 15.0. The van der Waals surface area contributed by atoms with Gasteiger partial charge in [0.25, 0.3) is 0 Å². The maximum atomic E-state index is 12.9. The first-order chi connectivity index (χ1) is 9.23. The maximum Gasteiger partial charge on any atom is 0.318 e. The molecule has 6 heteroatoms. The van der Waals surface area contributed by atoms with E-state index >= 15 is 0 Å². The Balaban J connectivity index is 3.26. The van der Waals surface area contributed by atoms with Gasteiger partial charge in [-0.3, -0.25) is 9.59 Å². The molecule has 0 aromatic carbocycles. The molecule has 0 saturated carbocycles. The van der Waals surface area contributed by atoms with Crippen molar-refractivity contribution in [2.45, 2.75) is 58.4 Å². The number of nitrogens with zero attached hydrogens (tertiary/aromatic N) is 1. The summed E-state index contributed by atoms with van der Waals surface area (Å²) in [4.78, 5) is 27.0. The van der Waals surface area contributed by atoms with E-state index in [2.05, 4.69) is 39.3 Å². The molecule has 0 spiro atoms. The Bertz CT molecular complexity index is 421. The van der Waals surface area contributed by atoms with Crippen LogP contribution in [-0.2, 0) is 14.3 Å². The fourth-order valence-corrected chi connectivity index (χ4v) is 16.8. The summed E-state index contributed by atoms with van der Waals surface area (Å²) in [6, 6.07) is 0. The van der Waals surface area contributed by atoms with Crippen LogP contribution < -0.4 is 0 Å². The second kappa shape index (κ2) is 5.54.